The number of hydrogen-bond donors (Lipinski definition) is 2. The van der Waals surface area contributed by atoms with Crippen LogP contribution in [0, 0.1) is 5.82 Å². The predicted octanol–water partition coefficient (Wildman–Crippen LogP) is 5.13. The molecule has 0 saturated carbocycles. The number of halogens is 1. The molecule has 0 radical (unpaired) electrons. The van der Waals surface area contributed by atoms with E-state index in [4.69, 9.17) is 9.84 Å². The van der Waals surface area contributed by atoms with E-state index in [0.717, 1.165) is 34.8 Å². The third-order valence-electron chi connectivity index (χ3n) is 4.40. The molecule has 0 aliphatic carbocycles. The second-order valence-electron chi connectivity index (χ2n) is 6.53. The molecular formula is C22H22FNO4S. The molecule has 0 fully saturated rings. The second-order valence-corrected chi connectivity index (χ2v) is 7.61. The van der Waals surface area contributed by atoms with Crippen molar-refractivity contribution in [2.24, 2.45) is 0 Å². The summed E-state index contributed by atoms with van der Waals surface area (Å²) in [6.45, 7) is 1.02. The molecule has 0 saturated heterocycles. The fourth-order valence-corrected chi connectivity index (χ4v) is 4.07. The SMILES string of the molecule is O=C(O)OC1=C(SCCCc2ccc(F)cc2)N(Cc2ccccc2O)CC=C1. The van der Waals surface area contributed by atoms with Crippen LogP contribution in [0.1, 0.15) is 17.5 Å². The lowest BCUT2D eigenvalue weighted by Crippen LogP contribution is -2.26. The largest absolute Gasteiger partial charge is 0.511 e. The highest BCUT2D eigenvalue weighted by atomic mass is 32.2. The Labute approximate surface area is 173 Å². The Morgan fingerprint density at radius 2 is 1.93 bits per heavy atom. The Bertz CT molecular complexity index is 911. The predicted molar refractivity (Wildman–Crippen MR) is 111 cm³/mol. The zero-order chi connectivity index (χ0) is 20.6. The van der Waals surface area contributed by atoms with Crippen molar-refractivity contribution in [3.63, 3.8) is 0 Å². The maximum Gasteiger partial charge on any atom is 0.511 e. The number of ether oxygens (including phenoxy) is 1. The summed E-state index contributed by atoms with van der Waals surface area (Å²) >= 11 is 1.51. The van der Waals surface area contributed by atoms with Crippen LogP contribution < -0.4 is 0 Å². The van der Waals surface area contributed by atoms with Gasteiger partial charge in [-0.05, 0) is 48.4 Å². The molecule has 2 N–H and O–H groups in total. The molecule has 1 aliphatic heterocycles. The standard InChI is InChI=1S/C22H22FNO4S/c23-18-11-9-16(10-12-18)5-4-14-29-21-20(28-22(26)27)8-3-13-24(21)15-17-6-1-2-7-19(17)25/h1-3,6-12,25H,4-5,13-15H2,(H,26,27). The van der Waals surface area contributed by atoms with E-state index in [-0.39, 0.29) is 17.3 Å². The number of carboxylic acid groups (broad SMARTS) is 1. The number of thioether (sulfide) groups is 1. The van der Waals surface area contributed by atoms with E-state index < -0.39 is 6.16 Å². The second kappa shape index (κ2) is 10.0. The van der Waals surface area contributed by atoms with E-state index >= 15 is 0 Å². The molecule has 5 nitrogen and oxygen atoms in total. The number of aromatic hydroxyl groups is 1. The number of para-hydroxylation sites is 1. The third-order valence-corrected chi connectivity index (χ3v) is 5.63. The molecule has 152 valence electrons. The van der Waals surface area contributed by atoms with E-state index in [1.165, 1.54) is 23.9 Å². The molecule has 0 unspecified atom stereocenters. The lowest BCUT2D eigenvalue weighted by Gasteiger charge is -2.29. The van der Waals surface area contributed by atoms with Gasteiger partial charge in [0.2, 0.25) is 0 Å². The molecule has 0 atom stereocenters. The first-order valence-electron chi connectivity index (χ1n) is 9.23. The van der Waals surface area contributed by atoms with Crippen molar-refractivity contribution >= 4 is 17.9 Å². The minimum atomic E-state index is -1.36. The number of phenols is 1. The molecule has 2 aromatic rings. The fraction of sp³-hybridized carbons (Fsp3) is 0.227. The van der Waals surface area contributed by atoms with E-state index in [2.05, 4.69) is 0 Å². The lowest BCUT2D eigenvalue weighted by atomic mass is 10.1. The van der Waals surface area contributed by atoms with Gasteiger partial charge < -0.3 is 19.8 Å². The minimum absolute atomic E-state index is 0.198. The molecular weight excluding hydrogens is 393 g/mol. The number of phenolic OH excluding ortho intramolecular Hbond substituents is 1. The van der Waals surface area contributed by atoms with E-state index in [9.17, 15) is 14.3 Å². The summed E-state index contributed by atoms with van der Waals surface area (Å²) < 4.78 is 18.0. The fourth-order valence-electron chi connectivity index (χ4n) is 3.01. The Morgan fingerprint density at radius 1 is 1.17 bits per heavy atom. The molecule has 0 amide bonds. The zero-order valence-electron chi connectivity index (χ0n) is 15.8. The van der Waals surface area contributed by atoms with Crippen LogP contribution in [0.15, 0.2) is 71.5 Å². The monoisotopic (exact) mass is 415 g/mol. The van der Waals surface area contributed by atoms with Crippen molar-refractivity contribution in [1.29, 1.82) is 0 Å². The molecule has 2 aromatic carbocycles. The van der Waals surface area contributed by atoms with Crippen LogP contribution >= 0.6 is 11.8 Å². The number of nitrogens with zero attached hydrogens (tertiary/aromatic N) is 1. The van der Waals surface area contributed by atoms with E-state index in [1.54, 1.807) is 30.3 Å². The third kappa shape index (κ3) is 6.02. The highest BCUT2D eigenvalue weighted by Gasteiger charge is 2.21. The maximum atomic E-state index is 13.0. The average molecular weight is 415 g/mol. The summed E-state index contributed by atoms with van der Waals surface area (Å²) in [4.78, 5) is 13.1. The summed E-state index contributed by atoms with van der Waals surface area (Å²) in [7, 11) is 0. The van der Waals surface area contributed by atoms with Crippen LogP contribution in [-0.2, 0) is 17.7 Å². The van der Waals surface area contributed by atoms with Gasteiger partial charge in [0.05, 0.1) is 0 Å². The maximum absolute atomic E-state index is 13.0. The van der Waals surface area contributed by atoms with Crippen molar-refractivity contribution in [1.82, 2.24) is 4.90 Å². The molecule has 0 spiro atoms. The van der Waals surface area contributed by atoms with E-state index in [0.29, 0.717) is 13.1 Å². The van der Waals surface area contributed by atoms with Gasteiger partial charge in [0, 0.05) is 18.7 Å². The van der Waals surface area contributed by atoms with Crippen molar-refractivity contribution in [3.8, 4) is 5.75 Å². The highest BCUT2D eigenvalue weighted by molar-refractivity contribution is 8.03. The first-order chi connectivity index (χ1) is 14.0. The van der Waals surface area contributed by atoms with Gasteiger partial charge in [0.1, 0.15) is 16.6 Å². The summed E-state index contributed by atoms with van der Waals surface area (Å²) in [6, 6.07) is 13.5. The van der Waals surface area contributed by atoms with Crippen LogP contribution in [0.25, 0.3) is 0 Å². The number of carbonyl (C=O) groups is 1. The summed E-state index contributed by atoms with van der Waals surface area (Å²) in [5.41, 5.74) is 1.81. The number of allylic oxidation sites excluding steroid dienone is 1. The number of hydrogen-bond acceptors (Lipinski definition) is 5. The Kier molecular flexibility index (Phi) is 7.19. The molecule has 7 heteroatoms. The summed E-state index contributed by atoms with van der Waals surface area (Å²) in [5, 5.41) is 19.9. The van der Waals surface area contributed by atoms with Crippen LogP contribution in [0.5, 0.6) is 5.75 Å². The molecule has 3 rings (SSSR count). The van der Waals surface area contributed by atoms with Gasteiger partial charge in [-0.25, -0.2) is 9.18 Å². The van der Waals surface area contributed by atoms with Crippen molar-refractivity contribution in [2.45, 2.75) is 19.4 Å². The molecule has 0 bridgehead atoms. The number of benzene rings is 2. The minimum Gasteiger partial charge on any atom is -0.508 e. The first kappa shape index (κ1) is 20.8. The smallest absolute Gasteiger partial charge is 0.508 e. The average Bonchev–Trinajstić information content (AvgIpc) is 2.69. The number of aryl methyl sites for hydroxylation is 1. The summed E-state index contributed by atoms with van der Waals surface area (Å²) in [6.07, 6.45) is 3.77. The molecule has 0 aromatic heterocycles. The lowest BCUT2D eigenvalue weighted by molar-refractivity contribution is 0.119. The van der Waals surface area contributed by atoms with Crippen LogP contribution in [0.3, 0.4) is 0 Å². The van der Waals surface area contributed by atoms with Gasteiger partial charge in [0.25, 0.3) is 0 Å². The Hall–Kier alpha value is -2.93. The quantitative estimate of drug-likeness (QED) is 0.460. The molecule has 1 aliphatic rings. The Morgan fingerprint density at radius 3 is 2.66 bits per heavy atom. The van der Waals surface area contributed by atoms with Crippen molar-refractivity contribution in [2.75, 3.05) is 12.3 Å². The normalized spacial score (nSPS) is 13.6. The van der Waals surface area contributed by atoms with Crippen LogP contribution in [-0.4, -0.2) is 33.6 Å². The van der Waals surface area contributed by atoms with Gasteiger partial charge in [-0.1, -0.05) is 36.4 Å². The zero-order valence-corrected chi connectivity index (χ0v) is 16.6. The molecule has 1 heterocycles. The van der Waals surface area contributed by atoms with Gasteiger partial charge in [-0.2, -0.15) is 0 Å². The van der Waals surface area contributed by atoms with Gasteiger partial charge in [-0.3, -0.25) is 0 Å². The Balaban J connectivity index is 1.68. The van der Waals surface area contributed by atoms with Crippen LogP contribution in [0.4, 0.5) is 9.18 Å². The van der Waals surface area contributed by atoms with Gasteiger partial charge >= 0.3 is 6.16 Å². The first-order valence-corrected chi connectivity index (χ1v) is 10.2. The summed E-state index contributed by atoms with van der Waals surface area (Å²) in [5.74, 6) is 0.969. The van der Waals surface area contributed by atoms with E-state index in [1.807, 2.05) is 23.1 Å². The van der Waals surface area contributed by atoms with Gasteiger partial charge in [0.15, 0.2) is 5.76 Å². The van der Waals surface area contributed by atoms with Crippen LogP contribution in [0.2, 0.25) is 0 Å². The molecule has 29 heavy (non-hydrogen) atoms. The van der Waals surface area contributed by atoms with Crippen molar-refractivity contribution in [3.05, 3.63) is 88.4 Å². The van der Waals surface area contributed by atoms with Crippen molar-refractivity contribution < 1.29 is 24.1 Å². The highest BCUT2D eigenvalue weighted by Crippen LogP contribution is 2.32. The topological polar surface area (TPSA) is 70.0 Å². The number of rotatable bonds is 8. The van der Waals surface area contributed by atoms with Gasteiger partial charge in [-0.15, -0.1) is 11.8 Å².